The van der Waals surface area contributed by atoms with E-state index in [4.69, 9.17) is 4.74 Å². The number of rotatable bonds is 0. The molecule has 94 valence electrons. The minimum atomic E-state index is -0.861. The van der Waals surface area contributed by atoms with E-state index >= 15 is 0 Å². The molecule has 0 aromatic rings. The summed E-state index contributed by atoms with van der Waals surface area (Å²) in [6.07, 6.45) is 2.38. The molecule has 1 aliphatic heterocycles. The summed E-state index contributed by atoms with van der Waals surface area (Å²) in [4.78, 5) is 0. The van der Waals surface area contributed by atoms with E-state index in [0.717, 1.165) is 13.0 Å². The van der Waals surface area contributed by atoms with Gasteiger partial charge in [-0.05, 0) is 0 Å². The van der Waals surface area contributed by atoms with Gasteiger partial charge in [-0.25, -0.2) is 6.61 Å². The van der Waals surface area contributed by atoms with E-state index in [0.29, 0.717) is 0 Å². The Kier molecular flexibility index (Phi) is 15.9. The van der Waals surface area contributed by atoms with Crippen molar-refractivity contribution in [1.29, 1.82) is 0 Å². The van der Waals surface area contributed by atoms with Gasteiger partial charge in [-0.3, -0.25) is 0 Å². The van der Waals surface area contributed by atoms with Crippen LogP contribution in [0.1, 0.15) is 12.8 Å². The second kappa shape index (κ2) is 11.4. The van der Waals surface area contributed by atoms with Crippen molar-refractivity contribution in [3.8, 4) is 0 Å². The Labute approximate surface area is 125 Å². The fourth-order valence-corrected chi connectivity index (χ4v) is 0.417. The van der Waals surface area contributed by atoms with Crippen LogP contribution in [0, 0.1) is 19.7 Å². The molecule has 1 heterocycles. The molecule has 0 radical (unpaired) electrons. The van der Waals surface area contributed by atoms with Crippen LogP contribution in [0.5, 0.6) is 0 Å². The third-order valence-corrected chi connectivity index (χ3v) is 0.702. The van der Waals surface area contributed by atoms with Gasteiger partial charge in [-0.2, -0.15) is 6.42 Å². The predicted octanol–water partition coefficient (Wildman–Crippen LogP) is 4.35. The molecule has 0 spiro atoms. The molecule has 0 aromatic heterocycles. The van der Waals surface area contributed by atoms with E-state index in [2.05, 4.69) is 52.4 Å². The van der Waals surface area contributed by atoms with Gasteiger partial charge in [0.15, 0.2) is 0 Å². The molecule has 16 heavy (non-hydrogen) atoms. The summed E-state index contributed by atoms with van der Waals surface area (Å²) in [5, 5.41) is 0. The van der Waals surface area contributed by atoms with Crippen LogP contribution in [0.25, 0.3) is 0 Å². The molecule has 0 saturated carbocycles. The molecule has 1 aliphatic rings. The maximum absolute atomic E-state index is 4.82. The van der Waals surface area contributed by atoms with Gasteiger partial charge < -0.3 is 17.8 Å². The molecule has 0 atom stereocenters. The first kappa shape index (κ1) is 22.4. The average molecular weight is 290 g/mol. The fraction of sp³-hybridized carbons (Fsp3) is 0.750. The van der Waals surface area contributed by atoms with E-state index in [9.17, 15) is 0 Å². The van der Waals surface area contributed by atoms with Crippen molar-refractivity contribution in [2.75, 3.05) is 6.61 Å². The van der Waals surface area contributed by atoms with Gasteiger partial charge in [-0.15, -0.1) is 16.1 Å². The van der Waals surface area contributed by atoms with Crippen molar-refractivity contribution in [2.45, 2.75) is 52.1 Å². The van der Waals surface area contributed by atoms with Crippen LogP contribution < -0.4 is 0 Å². The fourth-order valence-electron chi connectivity index (χ4n) is 0.417. The zero-order valence-electron chi connectivity index (χ0n) is 12.1. The first-order valence-corrected chi connectivity index (χ1v) is 13.1. The predicted molar refractivity (Wildman–Crippen MR) is 76.9 cm³/mol. The first-order valence-electron chi connectivity index (χ1n) is 5.64. The molecule has 1 rings (SSSR count). The Morgan fingerprint density at radius 1 is 0.938 bits per heavy atom. The largest absolute Gasteiger partial charge is 3.00 e. The summed E-state index contributed by atoms with van der Waals surface area (Å²) in [6, 6.07) is 0. The van der Waals surface area contributed by atoms with E-state index in [-0.39, 0.29) is 25.8 Å². The molecular weight excluding hydrogens is 261 g/mol. The number of hydrogen-bond donors (Lipinski definition) is 0. The molecule has 1 fully saturated rings. The van der Waals surface area contributed by atoms with Crippen molar-refractivity contribution < 1.29 is 30.6 Å². The quantitative estimate of drug-likeness (QED) is 0.476. The Morgan fingerprint density at radius 2 is 1.25 bits per heavy atom. The van der Waals surface area contributed by atoms with Crippen molar-refractivity contribution >= 4 is 16.1 Å². The SMILES string of the molecule is [CH-]1CCCO1.[CH2-][Si](C)(C)C.[CH2-][Si](C)(C)C.[Sc+3]. The Hall–Kier alpha value is 1.26. The van der Waals surface area contributed by atoms with Crippen molar-refractivity contribution in [3.63, 3.8) is 0 Å². The van der Waals surface area contributed by atoms with Crippen LogP contribution in [-0.4, -0.2) is 22.8 Å². The van der Waals surface area contributed by atoms with Crippen molar-refractivity contribution in [3.05, 3.63) is 19.7 Å². The standard InChI is InChI=1S/C4H7O.2C4H11Si.Sc/c1-2-4-5-3-1;2*1-5(2,3)4;/h3H,1-2,4H2;2*1H2,2-4H3;/q3*-1;+3. The molecule has 0 bridgehead atoms. The van der Waals surface area contributed by atoms with Gasteiger partial charge in [0.2, 0.25) is 0 Å². The Bertz CT molecular complexity index is 103. The summed E-state index contributed by atoms with van der Waals surface area (Å²) in [7, 11) is -1.72. The minimum Gasteiger partial charge on any atom is -0.552 e. The van der Waals surface area contributed by atoms with Crippen LogP contribution in [0.4, 0.5) is 0 Å². The van der Waals surface area contributed by atoms with E-state index in [1.807, 2.05) is 6.61 Å². The van der Waals surface area contributed by atoms with Crippen LogP contribution in [-0.2, 0) is 30.6 Å². The van der Waals surface area contributed by atoms with Gasteiger partial charge >= 0.3 is 25.8 Å². The van der Waals surface area contributed by atoms with Crippen LogP contribution in [0.2, 0.25) is 39.3 Å². The Morgan fingerprint density at radius 3 is 1.31 bits per heavy atom. The van der Waals surface area contributed by atoms with Crippen LogP contribution in [0.3, 0.4) is 0 Å². The molecule has 1 saturated heterocycles. The smallest absolute Gasteiger partial charge is 0.552 e. The van der Waals surface area contributed by atoms with Crippen molar-refractivity contribution in [2.24, 2.45) is 0 Å². The van der Waals surface area contributed by atoms with E-state index in [1.165, 1.54) is 6.42 Å². The van der Waals surface area contributed by atoms with Crippen LogP contribution in [0.15, 0.2) is 0 Å². The minimum absolute atomic E-state index is 0. The zero-order valence-corrected chi connectivity index (χ0v) is 15.9. The number of ether oxygens (including phenoxy) is 1. The third-order valence-electron chi connectivity index (χ3n) is 0.702. The van der Waals surface area contributed by atoms with Crippen LogP contribution >= 0.6 is 0 Å². The normalized spacial score (nSPS) is 15.0. The van der Waals surface area contributed by atoms with Crippen molar-refractivity contribution in [1.82, 2.24) is 0 Å². The maximum Gasteiger partial charge on any atom is 3.00 e. The molecule has 1 nitrogen and oxygen atoms in total. The van der Waals surface area contributed by atoms with Gasteiger partial charge in [0.05, 0.1) is 0 Å². The molecule has 0 aliphatic carbocycles. The van der Waals surface area contributed by atoms with E-state index < -0.39 is 16.1 Å². The first-order chi connectivity index (χ1) is 6.50. The summed E-state index contributed by atoms with van der Waals surface area (Å²) >= 11 is 0. The van der Waals surface area contributed by atoms with Gasteiger partial charge in [0.25, 0.3) is 0 Å². The second-order valence-corrected chi connectivity index (χ2v) is 16.5. The molecular formula is C12H29OScSi2. The monoisotopic (exact) mass is 290 g/mol. The summed E-state index contributed by atoms with van der Waals surface area (Å²) in [5.41, 5.74) is 0. The summed E-state index contributed by atoms with van der Waals surface area (Å²) < 4.78 is 4.82. The Balaban J connectivity index is -0.000000154. The summed E-state index contributed by atoms with van der Waals surface area (Å²) in [5.74, 6) is 0. The maximum atomic E-state index is 4.82. The average Bonchev–Trinajstić information content (AvgIpc) is 2.28. The van der Waals surface area contributed by atoms with Gasteiger partial charge in [-0.1, -0.05) is 45.7 Å². The molecule has 4 heteroatoms. The summed E-state index contributed by atoms with van der Waals surface area (Å²) in [6.45, 7) is 23.9. The molecule has 0 unspecified atom stereocenters. The molecule has 0 N–H and O–H groups in total. The van der Waals surface area contributed by atoms with Gasteiger partial charge in [0, 0.05) is 6.61 Å². The third kappa shape index (κ3) is 79.2. The van der Waals surface area contributed by atoms with Gasteiger partial charge in [0.1, 0.15) is 0 Å². The second-order valence-electron chi connectivity index (χ2n) is 6.30. The number of hydrogen-bond acceptors (Lipinski definition) is 1. The topological polar surface area (TPSA) is 9.23 Å². The zero-order chi connectivity index (χ0) is 12.5. The molecule has 0 amide bonds. The molecule has 0 aromatic carbocycles. The van der Waals surface area contributed by atoms with E-state index in [1.54, 1.807) is 0 Å².